The Kier molecular flexibility index (Phi) is 6.21. The van der Waals surface area contributed by atoms with E-state index >= 15 is 0 Å². The predicted octanol–water partition coefficient (Wildman–Crippen LogP) is 4.54. The van der Waals surface area contributed by atoms with Gasteiger partial charge in [-0.3, -0.25) is 4.79 Å². The Morgan fingerprint density at radius 1 is 1.15 bits per heavy atom. The number of ether oxygens (including phenoxy) is 2. The van der Waals surface area contributed by atoms with Crippen LogP contribution in [0.1, 0.15) is 21.6 Å². The van der Waals surface area contributed by atoms with E-state index in [1.807, 2.05) is 23.6 Å². The lowest BCUT2D eigenvalue weighted by molar-refractivity contribution is -0.144. The smallest absolute Gasteiger partial charge is 0.337 e. The van der Waals surface area contributed by atoms with Crippen molar-refractivity contribution in [2.75, 3.05) is 7.11 Å². The molecule has 0 radical (unpaired) electrons. The third-order valence-electron chi connectivity index (χ3n) is 3.72. The molecule has 3 rings (SSSR count). The zero-order valence-corrected chi connectivity index (χ0v) is 16.0. The highest BCUT2D eigenvalue weighted by Gasteiger charge is 2.11. The lowest BCUT2D eigenvalue weighted by atomic mass is 10.1. The molecular formula is C20H16ClNO4S. The van der Waals surface area contributed by atoms with Crippen molar-refractivity contribution >= 4 is 34.9 Å². The van der Waals surface area contributed by atoms with Crippen LogP contribution >= 0.6 is 22.9 Å². The van der Waals surface area contributed by atoms with Gasteiger partial charge >= 0.3 is 11.9 Å². The van der Waals surface area contributed by atoms with Gasteiger partial charge in [0.25, 0.3) is 0 Å². The molecule has 138 valence electrons. The van der Waals surface area contributed by atoms with Gasteiger partial charge in [-0.2, -0.15) is 0 Å². The first-order valence-electron chi connectivity index (χ1n) is 8.08. The van der Waals surface area contributed by atoms with E-state index in [1.54, 1.807) is 30.3 Å². The summed E-state index contributed by atoms with van der Waals surface area (Å²) in [6.45, 7) is 0.131. The van der Waals surface area contributed by atoms with Crippen LogP contribution in [0.25, 0.3) is 10.6 Å². The van der Waals surface area contributed by atoms with Crippen molar-refractivity contribution in [1.29, 1.82) is 0 Å². The van der Waals surface area contributed by atoms with Gasteiger partial charge in [-0.25, -0.2) is 9.78 Å². The van der Waals surface area contributed by atoms with Crippen LogP contribution < -0.4 is 0 Å². The van der Waals surface area contributed by atoms with Crippen molar-refractivity contribution in [2.45, 2.75) is 13.0 Å². The van der Waals surface area contributed by atoms with Gasteiger partial charge in [0.2, 0.25) is 0 Å². The summed E-state index contributed by atoms with van der Waals surface area (Å²) in [5.74, 6) is -0.771. The molecule has 0 aliphatic rings. The zero-order valence-electron chi connectivity index (χ0n) is 14.5. The second-order valence-electron chi connectivity index (χ2n) is 5.68. The molecule has 0 spiro atoms. The molecule has 1 heterocycles. The molecule has 1 aromatic heterocycles. The number of rotatable bonds is 6. The molecule has 0 aliphatic carbocycles. The summed E-state index contributed by atoms with van der Waals surface area (Å²) in [5, 5.41) is 3.28. The molecule has 0 saturated heterocycles. The predicted molar refractivity (Wildman–Crippen MR) is 104 cm³/mol. The van der Waals surface area contributed by atoms with Crippen molar-refractivity contribution < 1.29 is 19.1 Å². The number of benzene rings is 2. The summed E-state index contributed by atoms with van der Waals surface area (Å²) in [5.41, 5.74) is 2.80. The summed E-state index contributed by atoms with van der Waals surface area (Å²) in [4.78, 5) is 27.9. The van der Waals surface area contributed by atoms with E-state index in [1.165, 1.54) is 18.4 Å². The number of aromatic nitrogens is 1. The molecular weight excluding hydrogens is 386 g/mol. The van der Waals surface area contributed by atoms with Crippen molar-refractivity contribution in [2.24, 2.45) is 0 Å². The molecule has 2 aromatic carbocycles. The average Bonchev–Trinajstić information content (AvgIpc) is 3.14. The summed E-state index contributed by atoms with van der Waals surface area (Å²) in [7, 11) is 1.33. The Labute approximate surface area is 165 Å². The van der Waals surface area contributed by atoms with Crippen LogP contribution in [0.15, 0.2) is 53.9 Å². The Balaban J connectivity index is 1.55. The SMILES string of the molecule is COC(=O)c1ccc(COC(=O)Cc2csc(-c3cccc(Cl)c3)n2)cc1. The van der Waals surface area contributed by atoms with E-state index < -0.39 is 5.97 Å². The number of esters is 2. The molecule has 0 unspecified atom stereocenters. The normalized spacial score (nSPS) is 10.4. The van der Waals surface area contributed by atoms with Gasteiger partial charge in [-0.05, 0) is 29.8 Å². The van der Waals surface area contributed by atoms with Crippen molar-refractivity contribution in [3.63, 3.8) is 0 Å². The number of halogens is 1. The second kappa shape index (κ2) is 8.79. The molecule has 0 atom stereocenters. The van der Waals surface area contributed by atoms with Gasteiger partial charge in [-0.1, -0.05) is 35.9 Å². The van der Waals surface area contributed by atoms with Crippen LogP contribution in [0.3, 0.4) is 0 Å². The maximum Gasteiger partial charge on any atom is 0.337 e. The van der Waals surface area contributed by atoms with Crippen LogP contribution in [-0.2, 0) is 27.3 Å². The van der Waals surface area contributed by atoms with Crippen LogP contribution in [0.2, 0.25) is 5.02 Å². The fourth-order valence-corrected chi connectivity index (χ4v) is 3.37. The van der Waals surface area contributed by atoms with Gasteiger partial charge in [0.15, 0.2) is 0 Å². The first-order chi connectivity index (χ1) is 13.0. The summed E-state index contributed by atoms with van der Waals surface area (Å²) < 4.78 is 9.92. The molecule has 7 heteroatoms. The Hall–Kier alpha value is -2.70. The number of carbonyl (C=O) groups is 2. The fourth-order valence-electron chi connectivity index (χ4n) is 2.36. The largest absolute Gasteiger partial charge is 0.465 e. The highest BCUT2D eigenvalue weighted by Crippen LogP contribution is 2.26. The molecule has 0 bridgehead atoms. The molecule has 27 heavy (non-hydrogen) atoms. The van der Waals surface area contributed by atoms with Crippen LogP contribution in [-0.4, -0.2) is 24.0 Å². The third kappa shape index (κ3) is 5.15. The first kappa shape index (κ1) is 19.1. The minimum absolute atomic E-state index is 0.0946. The number of carbonyl (C=O) groups excluding carboxylic acids is 2. The third-order valence-corrected chi connectivity index (χ3v) is 4.90. The summed E-state index contributed by atoms with van der Waals surface area (Å²) >= 11 is 7.45. The number of nitrogens with zero attached hydrogens (tertiary/aromatic N) is 1. The Morgan fingerprint density at radius 3 is 2.63 bits per heavy atom. The maximum atomic E-state index is 12.1. The van der Waals surface area contributed by atoms with E-state index in [4.69, 9.17) is 16.3 Å². The van der Waals surface area contributed by atoms with Crippen molar-refractivity contribution in [3.8, 4) is 10.6 Å². The maximum absolute atomic E-state index is 12.1. The quantitative estimate of drug-likeness (QED) is 0.567. The molecule has 5 nitrogen and oxygen atoms in total. The van der Waals surface area contributed by atoms with E-state index in [0.29, 0.717) is 16.3 Å². The van der Waals surface area contributed by atoms with E-state index in [0.717, 1.165) is 16.1 Å². The van der Waals surface area contributed by atoms with E-state index in [-0.39, 0.29) is 19.0 Å². The van der Waals surface area contributed by atoms with E-state index in [9.17, 15) is 9.59 Å². The molecule has 0 aliphatic heterocycles. The van der Waals surface area contributed by atoms with Gasteiger partial charge < -0.3 is 9.47 Å². The zero-order chi connectivity index (χ0) is 19.2. The lowest BCUT2D eigenvalue weighted by Gasteiger charge is -2.05. The van der Waals surface area contributed by atoms with Crippen molar-refractivity contribution in [1.82, 2.24) is 4.98 Å². The summed E-state index contributed by atoms with van der Waals surface area (Å²) in [6.07, 6.45) is 0.0946. The minimum Gasteiger partial charge on any atom is -0.465 e. The molecule has 0 fully saturated rings. The average molecular weight is 402 g/mol. The van der Waals surface area contributed by atoms with Gasteiger partial charge in [0.05, 0.1) is 24.8 Å². The van der Waals surface area contributed by atoms with Crippen LogP contribution in [0.5, 0.6) is 0 Å². The van der Waals surface area contributed by atoms with Crippen molar-refractivity contribution in [3.05, 3.63) is 75.8 Å². The number of methoxy groups -OCH3 is 1. The molecule has 3 aromatic rings. The highest BCUT2D eigenvalue weighted by molar-refractivity contribution is 7.13. The fraction of sp³-hybridized carbons (Fsp3) is 0.150. The van der Waals surface area contributed by atoms with Gasteiger partial charge in [0, 0.05) is 16.0 Å². The monoisotopic (exact) mass is 401 g/mol. The Morgan fingerprint density at radius 2 is 1.93 bits per heavy atom. The first-order valence-corrected chi connectivity index (χ1v) is 9.34. The topological polar surface area (TPSA) is 65.5 Å². The number of hydrogen-bond donors (Lipinski definition) is 0. The van der Waals surface area contributed by atoms with E-state index in [2.05, 4.69) is 9.72 Å². The minimum atomic E-state index is -0.405. The number of hydrogen-bond acceptors (Lipinski definition) is 6. The molecule has 0 N–H and O–H groups in total. The standard InChI is InChI=1S/C20H16ClNO4S/c1-25-20(24)14-7-5-13(6-8-14)11-26-18(23)10-17-12-27-19(22-17)15-3-2-4-16(21)9-15/h2-9,12H,10-11H2,1H3. The second-order valence-corrected chi connectivity index (χ2v) is 6.97. The highest BCUT2D eigenvalue weighted by atomic mass is 35.5. The van der Waals surface area contributed by atoms with Crippen LogP contribution in [0, 0.1) is 0 Å². The Bertz CT molecular complexity index is 953. The molecule has 0 amide bonds. The number of thiazole rings is 1. The van der Waals surface area contributed by atoms with Crippen LogP contribution in [0.4, 0.5) is 0 Å². The van der Waals surface area contributed by atoms with Gasteiger partial charge in [0.1, 0.15) is 11.6 Å². The summed E-state index contributed by atoms with van der Waals surface area (Å²) in [6, 6.07) is 14.1. The lowest BCUT2D eigenvalue weighted by Crippen LogP contribution is -2.08. The molecule has 0 saturated carbocycles. The van der Waals surface area contributed by atoms with Gasteiger partial charge in [-0.15, -0.1) is 11.3 Å².